The molecule has 14 heavy (non-hydrogen) atoms. The Hall–Kier alpha value is -1.24. The van der Waals surface area contributed by atoms with Gasteiger partial charge in [0.15, 0.2) is 6.19 Å². The van der Waals surface area contributed by atoms with Crippen molar-refractivity contribution in [1.82, 2.24) is 5.32 Å². The van der Waals surface area contributed by atoms with Crippen LogP contribution in [-0.2, 0) is 11.2 Å². The highest BCUT2D eigenvalue weighted by Crippen LogP contribution is 2.24. The van der Waals surface area contributed by atoms with Crippen LogP contribution in [0, 0.1) is 11.5 Å². The maximum absolute atomic E-state index is 11.1. The molecule has 1 aromatic rings. The van der Waals surface area contributed by atoms with Gasteiger partial charge in [-0.3, -0.25) is 10.1 Å². The van der Waals surface area contributed by atoms with Gasteiger partial charge in [-0.15, -0.1) is 0 Å². The van der Waals surface area contributed by atoms with Gasteiger partial charge in [-0.05, 0) is 17.7 Å². The Morgan fingerprint density at radius 2 is 2.00 bits per heavy atom. The first kappa shape index (κ1) is 10.8. The second kappa shape index (κ2) is 4.85. The van der Waals surface area contributed by atoms with Gasteiger partial charge in [-0.25, -0.2) is 0 Å². The molecule has 72 valence electrons. The SMILES string of the molecule is N#CNC(=O)Cc1c(Cl)cccc1Cl. The molecule has 0 saturated heterocycles. The van der Waals surface area contributed by atoms with Crippen molar-refractivity contribution in [1.29, 1.82) is 5.26 Å². The lowest BCUT2D eigenvalue weighted by Crippen LogP contribution is -2.19. The molecule has 0 aromatic heterocycles. The van der Waals surface area contributed by atoms with E-state index in [9.17, 15) is 4.79 Å². The van der Waals surface area contributed by atoms with E-state index in [1.54, 1.807) is 24.4 Å². The molecule has 1 rings (SSSR count). The molecule has 0 aliphatic rings. The van der Waals surface area contributed by atoms with Gasteiger partial charge >= 0.3 is 0 Å². The lowest BCUT2D eigenvalue weighted by atomic mass is 10.1. The molecular formula is C9H6Cl2N2O. The Labute approximate surface area is 91.2 Å². The van der Waals surface area contributed by atoms with Crippen molar-refractivity contribution in [3.05, 3.63) is 33.8 Å². The van der Waals surface area contributed by atoms with Crippen LogP contribution < -0.4 is 5.32 Å². The molecule has 5 heteroatoms. The Morgan fingerprint density at radius 3 is 2.50 bits per heavy atom. The zero-order chi connectivity index (χ0) is 10.6. The molecule has 1 aromatic carbocycles. The third-order valence-electron chi connectivity index (χ3n) is 1.59. The van der Waals surface area contributed by atoms with E-state index in [-0.39, 0.29) is 6.42 Å². The zero-order valence-electron chi connectivity index (χ0n) is 7.05. The highest BCUT2D eigenvalue weighted by atomic mass is 35.5. The summed E-state index contributed by atoms with van der Waals surface area (Å²) >= 11 is 11.7. The van der Waals surface area contributed by atoms with Crippen molar-refractivity contribution in [3.8, 4) is 6.19 Å². The maximum atomic E-state index is 11.1. The lowest BCUT2D eigenvalue weighted by Gasteiger charge is -2.04. The summed E-state index contributed by atoms with van der Waals surface area (Å²) in [4.78, 5) is 11.1. The topological polar surface area (TPSA) is 52.9 Å². The standard InChI is InChI=1S/C9H6Cl2N2O/c10-7-2-1-3-8(11)6(7)4-9(14)13-5-12/h1-3H,4H2,(H,13,14). The molecule has 0 atom stereocenters. The first-order chi connectivity index (χ1) is 6.65. The van der Waals surface area contributed by atoms with E-state index in [4.69, 9.17) is 28.5 Å². The summed E-state index contributed by atoms with van der Waals surface area (Å²) in [5.74, 6) is -0.428. The zero-order valence-corrected chi connectivity index (χ0v) is 8.56. The van der Waals surface area contributed by atoms with Crippen LogP contribution in [0.25, 0.3) is 0 Å². The van der Waals surface area contributed by atoms with Crippen LogP contribution in [0.3, 0.4) is 0 Å². The molecule has 0 bridgehead atoms. The number of benzene rings is 1. The largest absolute Gasteiger partial charge is 0.274 e. The fourth-order valence-electron chi connectivity index (χ4n) is 0.968. The summed E-state index contributed by atoms with van der Waals surface area (Å²) in [6.07, 6.45) is 1.55. The molecular weight excluding hydrogens is 223 g/mol. The van der Waals surface area contributed by atoms with Gasteiger partial charge in [0.1, 0.15) is 0 Å². The number of nitrogens with zero attached hydrogens (tertiary/aromatic N) is 1. The Bertz CT molecular complexity index is 378. The Morgan fingerprint density at radius 1 is 1.43 bits per heavy atom. The molecule has 1 N–H and O–H groups in total. The third kappa shape index (κ3) is 2.63. The number of nitriles is 1. The molecule has 0 unspecified atom stereocenters. The predicted molar refractivity (Wildman–Crippen MR) is 53.9 cm³/mol. The van der Waals surface area contributed by atoms with Crippen molar-refractivity contribution >= 4 is 29.1 Å². The first-order valence-corrected chi connectivity index (χ1v) is 4.51. The summed E-state index contributed by atoms with van der Waals surface area (Å²) in [7, 11) is 0. The third-order valence-corrected chi connectivity index (χ3v) is 2.30. The summed E-state index contributed by atoms with van der Waals surface area (Å²) in [6, 6.07) is 4.97. The van der Waals surface area contributed by atoms with Crippen molar-refractivity contribution in [3.63, 3.8) is 0 Å². The van der Waals surface area contributed by atoms with E-state index in [2.05, 4.69) is 0 Å². The number of rotatable bonds is 2. The molecule has 0 radical (unpaired) electrons. The van der Waals surface area contributed by atoms with Gasteiger partial charge in [0.25, 0.3) is 0 Å². The molecule has 0 spiro atoms. The van der Waals surface area contributed by atoms with Crippen molar-refractivity contribution in [2.24, 2.45) is 0 Å². The maximum Gasteiger partial charge on any atom is 0.237 e. The molecule has 0 aliphatic heterocycles. The Kier molecular flexibility index (Phi) is 3.75. The highest BCUT2D eigenvalue weighted by molar-refractivity contribution is 6.36. The van der Waals surface area contributed by atoms with Crippen LogP contribution in [0.1, 0.15) is 5.56 Å². The molecule has 3 nitrogen and oxygen atoms in total. The number of nitrogens with one attached hydrogen (secondary N) is 1. The minimum absolute atomic E-state index is 0.00602. The second-order valence-corrected chi connectivity index (χ2v) is 3.35. The van der Waals surface area contributed by atoms with Crippen LogP contribution in [0.4, 0.5) is 0 Å². The Balaban J connectivity index is 2.87. The second-order valence-electron chi connectivity index (χ2n) is 2.54. The average Bonchev–Trinajstić information content (AvgIpc) is 2.12. The number of amides is 1. The smallest absolute Gasteiger partial charge is 0.237 e. The summed E-state index contributed by atoms with van der Waals surface area (Å²) < 4.78 is 0. The monoisotopic (exact) mass is 228 g/mol. The number of carbonyl (C=O) groups excluding carboxylic acids is 1. The lowest BCUT2D eigenvalue weighted by molar-refractivity contribution is -0.119. The number of carbonyl (C=O) groups is 1. The molecule has 0 heterocycles. The summed E-state index contributed by atoms with van der Waals surface area (Å²) in [5, 5.41) is 11.0. The minimum atomic E-state index is -0.428. The van der Waals surface area contributed by atoms with Gasteiger partial charge < -0.3 is 0 Å². The average molecular weight is 229 g/mol. The van der Waals surface area contributed by atoms with E-state index in [0.717, 1.165) is 0 Å². The van der Waals surface area contributed by atoms with Gasteiger partial charge in [0.05, 0.1) is 6.42 Å². The van der Waals surface area contributed by atoms with E-state index in [0.29, 0.717) is 15.6 Å². The van der Waals surface area contributed by atoms with E-state index in [1.165, 1.54) is 0 Å². The van der Waals surface area contributed by atoms with Crippen LogP contribution in [-0.4, -0.2) is 5.91 Å². The quantitative estimate of drug-likeness (QED) is 0.623. The van der Waals surface area contributed by atoms with Crippen molar-refractivity contribution in [2.75, 3.05) is 0 Å². The first-order valence-electron chi connectivity index (χ1n) is 3.76. The predicted octanol–water partition coefficient (Wildman–Crippen LogP) is 2.13. The minimum Gasteiger partial charge on any atom is -0.274 e. The van der Waals surface area contributed by atoms with Crippen molar-refractivity contribution < 1.29 is 4.79 Å². The molecule has 0 aliphatic carbocycles. The number of hydrogen-bond acceptors (Lipinski definition) is 2. The van der Waals surface area contributed by atoms with E-state index < -0.39 is 5.91 Å². The van der Waals surface area contributed by atoms with Crippen LogP contribution in [0.5, 0.6) is 0 Å². The van der Waals surface area contributed by atoms with Gasteiger partial charge in [0, 0.05) is 10.0 Å². The summed E-state index contributed by atoms with van der Waals surface area (Å²) in [6.45, 7) is 0. The molecule has 0 fully saturated rings. The fourth-order valence-corrected chi connectivity index (χ4v) is 1.50. The van der Waals surface area contributed by atoms with E-state index in [1.807, 2.05) is 5.32 Å². The molecule has 1 amide bonds. The van der Waals surface area contributed by atoms with Gasteiger partial charge in [0.2, 0.25) is 5.91 Å². The van der Waals surface area contributed by atoms with Crippen LogP contribution >= 0.6 is 23.2 Å². The molecule has 0 saturated carbocycles. The van der Waals surface area contributed by atoms with E-state index >= 15 is 0 Å². The van der Waals surface area contributed by atoms with Crippen LogP contribution in [0.15, 0.2) is 18.2 Å². The normalized spacial score (nSPS) is 9.21. The van der Waals surface area contributed by atoms with Gasteiger partial charge in [-0.2, -0.15) is 5.26 Å². The highest BCUT2D eigenvalue weighted by Gasteiger charge is 2.09. The van der Waals surface area contributed by atoms with Crippen molar-refractivity contribution in [2.45, 2.75) is 6.42 Å². The summed E-state index contributed by atoms with van der Waals surface area (Å²) in [5.41, 5.74) is 0.531. The number of halogens is 2. The van der Waals surface area contributed by atoms with Crippen LogP contribution in [0.2, 0.25) is 10.0 Å². The fraction of sp³-hybridized carbons (Fsp3) is 0.111. The number of hydrogen-bond donors (Lipinski definition) is 1. The van der Waals surface area contributed by atoms with Gasteiger partial charge in [-0.1, -0.05) is 29.3 Å².